The number of aromatic nitrogens is 5. The Hall–Kier alpha value is -3.85. The van der Waals surface area contributed by atoms with Crippen molar-refractivity contribution in [2.75, 3.05) is 6.26 Å². The number of rotatable bonds is 4. The fourth-order valence-electron chi connectivity index (χ4n) is 4.75. The van der Waals surface area contributed by atoms with E-state index in [0.29, 0.717) is 24.0 Å². The number of nitrogens with zero attached hydrogens (tertiary/aromatic N) is 5. The van der Waals surface area contributed by atoms with Gasteiger partial charge in [0, 0.05) is 36.6 Å². The maximum atomic E-state index is 13.3. The van der Waals surface area contributed by atoms with E-state index in [1.165, 1.54) is 6.26 Å². The molecule has 3 heterocycles. The van der Waals surface area contributed by atoms with Crippen molar-refractivity contribution in [1.29, 1.82) is 0 Å². The summed E-state index contributed by atoms with van der Waals surface area (Å²) < 4.78 is 27.1. The van der Waals surface area contributed by atoms with Gasteiger partial charge in [-0.15, -0.1) is 0 Å². The van der Waals surface area contributed by atoms with Crippen molar-refractivity contribution >= 4 is 31.8 Å². The van der Waals surface area contributed by atoms with Gasteiger partial charge in [0.1, 0.15) is 0 Å². The SMILES string of the molecule is Cn1c(=O)n(-c2ccc(C3(S(C)(=O)=O)CC3)cc2)c2c3cc(-c4cnccn4)ccc3ncc21. The molecule has 6 rings (SSSR count). The van der Waals surface area contributed by atoms with Gasteiger partial charge in [-0.1, -0.05) is 18.2 Å². The molecule has 34 heavy (non-hydrogen) atoms. The summed E-state index contributed by atoms with van der Waals surface area (Å²) in [6, 6.07) is 13.1. The summed E-state index contributed by atoms with van der Waals surface area (Å²) in [6.45, 7) is 0. The molecule has 1 aliphatic carbocycles. The quantitative estimate of drug-likeness (QED) is 0.398. The van der Waals surface area contributed by atoms with Crippen LogP contribution in [-0.2, 0) is 21.6 Å². The molecule has 0 amide bonds. The predicted octanol–water partition coefficient (Wildman–Crippen LogP) is 3.37. The number of aryl methyl sites for hydroxylation is 1. The summed E-state index contributed by atoms with van der Waals surface area (Å²) in [5, 5.41) is 0.817. The fourth-order valence-corrected chi connectivity index (χ4v) is 6.15. The van der Waals surface area contributed by atoms with Crippen LogP contribution in [0.2, 0.25) is 0 Å². The Balaban J connectivity index is 1.58. The van der Waals surface area contributed by atoms with E-state index >= 15 is 0 Å². The summed E-state index contributed by atoms with van der Waals surface area (Å²) in [5.74, 6) is 0. The van der Waals surface area contributed by atoms with Gasteiger partial charge >= 0.3 is 5.69 Å². The van der Waals surface area contributed by atoms with Gasteiger partial charge in [-0.3, -0.25) is 24.1 Å². The Kier molecular flexibility index (Phi) is 4.31. The number of pyridine rings is 1. The van der Waals surface area contributed by atoms with Crippen LogP contribution in [0.3, 0.4) is 0 Å². The number of sulfone groups is 1. The lowest BCUT2D eigenvalue weighted by atomic mass is 10.1. The molecule has 0 aliphatic heterocycles. The van der Waals surface area contributed by atoms with Crippen molar-refractivity contribution in [3.05, 3.63) is 83.3 Å². The minimum atomic E-state index is -3.21. The summed E-state index contributed by atoms with van der Waals surface area (Å²) in [4.78, 5) is 26.4. The summed E-state index contributed by atoms with van der Waals surface area (Å²) >= 11 is 0. The number of fused-ring (bicyclic) bond motifs is 3. The maximum absolute atomic E-state index is 13.3. The largest absolute Gasteiger partial charge is 0.333 e. The third-order valence-corrected chi connectivity index (χ3v) is 8.87. The molecule has 0 saturated heterocycles. The van der Waals surface area contributed by atoms with Gasteiger partial charge in [0.2, 0.25) is 0 Å². The molecule has 1 fully saturated rings. The first-order chi connectivity index (χ1) is 16.3. The molecule has 0 bridgehead atoms. The first kappa shape index (κ1) is 20.7. The molecule has 0 N–H and O–H groups in total. The molecule has 8 nitrogen and oxygen atoms in total. The highest BCUT2D eigenvalue weighted by Gasteiger charge is 2.53. The first-order valence-corrected chi connectivity index (χ1v) is 12.8. The highest BCUT2D eigenvalue weighted by molar-refractivity contribution is 7.92. The molecule has 3 aromatic heterocycles. The maximum Gasteiger partial charge on any atom is 0.333 e. The monoisotopic (exact) mass is 471 g/mol. The van der Waals surface area contributed by atoms with Crippen LogP contribution in [0, 0.1) is 0 Å². The van der Waals surface area contributed by atoms with E-state index in [4.69, 9.17) is 0 Å². The van der Waals surface area contributed by atoms with Crippen LogP contribution in [0.15, 0.2) is 72.0 Å². The molecule has 0 spiro atoms. The summed E-state index contributed by atoms with van der Waals surface area (Å²) in [7, 11) is -1.49. The molecule has 0 radical (unpaired) electrons. The number of benzene rings is 2. The number of hydrogen-bond acceptors (Lipinski definition) is 6. The predicted molar refractivity (Wildman–Crippen MR) is 131 cm³/mol. The second kappa shape index (κ2) is 7.07. The lowest BCUT2D eigenvalue weighted by Crippen LogP contribution is -2.21. The topological polar surface area (TPSA) is 99.7 Å². The average molecular weight is 472 g/mol. The Morgan fingerprint density at radius 2 is 1.74 bits per heavy atom. The molecule has 1 aliphatic rings. The third-order valence-electron chi connectivity index (χ3n) is 6.81. The zero-order valence-electron chi connectivity index (χ0n) is 18.6. The normalized spacial score (nSPS) is 15.1. The Labute approximate surface area is 195 Å². The number of imidazole rings is 1. The lowest BCUT2D eigenvalue weighted by Gasteiger charge is -2.14. The van der Waals surface area contributed by atoms with Gasteiger partial charge in [-0.25, -0.2) is 13.2 Å². The van der Waals surface area contributed by atoms with E-state index in [9.17, 15) is 13.2 Å². The van der Waals surface area contributed by atoms with Gasteiger partial charge < -0.3 is 0 Å². The van der Waals surface area contributed by atoms with Crippen LogP contribution in [0.25, 0.3) is 38.9 Å². The van der Waals surface area contributed by atoms with Crippen molar-refractivity contribution in [2.24, 2.45) is 7.05 Å². The third kappa shape index (κ3) is 2.93. The van der Waals surface area contributed by atoms with Crippen molar-refractivity contribution < 1.29 is 8.42 Å². The molecular formula is C25H21N5O3S. The van der Waals surface area contributed by atoms with Crippen LogP contribution in [-0.4, -0.2) is 38.8 Å². The number of hydrogen-bond donors (Lipinski definition) is 0. The van der Waals surface area contributed by atoms with Gasteiger partial charge in [0.25, 0.3) is 0 Å². The van der Waals surface area contributed by atoms with Crippen LogP contribution >= 0.6 is 0 Å². The second-order valence-corrected chi connectivity index (χ2v) is 11.1. The van der Waals surface area contributed by atoms with Crippen molar-refractivity contribution in [1.82, 2.24) is 24.1 Å². The molecule has 0 atom stereocenters. The van der Waals surface area contributed by atoms with Crippen molar-refractivity contribution in [3.8, 4) is 16.9 Å². The molecule has 0 unspecified atom stereocenters. The standard InChI is InChI=1S/C25H21N5O3S/c1-29-22-15-28-20-8-3-16(21-14-26-11-12-27-21)13-19(20)23(22)30(24(29)31)18-6-4-17(5-7-18)25(9-10-25)34(2,32)33/h3-8,11-15H,9-10H2,1-2H3. The first-order valence-electron chi connectivity index (χ1n) is 10.9. The van der Waals surface area contributed by atoms with E-state index in [2.05, 4.69) is 15.0 Å². The average Bonchev–Trinajstić information content (AvgIpc) is 3.63. The molecule has 1 saturated carbocycles. The lowest BCUT2D eigenvalue weighted by molar-refractivity contribution is 0.586. The van der Waals surface area contributed by atoms with Crippen molar-refractivity contribution in [2.45, 2.75) is 17.6 Å². The van der Waals surface area contributed by atoms with E-state index in [0.717, 1.165) is 33.2 Å². The molecular weight excluding hydrogens is 450 g/mol. The van der Waals surface area contributed by atoms with E-state index in [-0.39, 0.29) is 5.69 Å². The van der Waals surface area contributed by atoms with Crippen molar-refractivity contribution in [3.63, 3.8) is 0 Å². The zero-order valence-corrected chi connectivity index (χ0v) is 19.5. The minimum absolute atomic E-state index is 0.203. The molecule has 5 aromatic rings. The van der Waals surface area contributed by atoms with Gasteiger partial charge in [0.15, 0.2) is 9.84 Å². The van der Waals surface area contributed by atoms with Crippen LogP contribution < -0.4 is 5.69 Å². The van der Waals surface area contributed by atoms with E-state index in [1.807, 2.05) is 42.5 Å². The molecule has 2 aromatic carbocycles. The zero-order chi connectivity index (χ0) is 23.7. The Morgan fingerprint density at radius 3 is 2.38 bits per heavy atom. The Morgan fingerprint density at radius 1 is 0.971 bits per heavy atom. The van der Waals surface area contributed by atoms with Crippen LogP contribution in [0.1, 0.15) is 18.4 Å². The minimum Gasteiger partial charge on any atom is -0.293 e. The summed E-state index contributed by atoms with van der Waals surface area (Å²) in [5.41, 5.74) is 5.02. The second-order valence-electron chi connectivity index (χ2n) is 8.80. The van der Waals surface area contributed by atoms with E-state index < -0.39 is 14.6 Å². The van der Waals surface area contributed by atoms with Crippen LogP contribution in [0.4, 0.5) is 0 Å². The van der Waals surface area contributed by atoms with E-state index in [1.54, 1.807) is 41.0 Å². The van der Waals surface area contributed by atoms with Gasteiger partial charge in [-0.2, -0.15) is 0 Å². The van der Waals surface area contributed by atoms with Gasteiger partial charge in [0.05, 0.1) is 45.1 Å². The van der Waals surface area contributed by atoms with Gasteiger partial charge in [-0.05, 0) is 42.7 Å². The summed E-state index contributed by atoms with van der Waals surface area (Å²) in [6.07, 6.45) is 9.20. The highest BCUT2D eigenvalue weighted by Crippen LogP contribution is 2.52. The fraction of sp³-hybridized carbons (Fsp3) is 0.200. The molecule has 170 valence electrons. The van der Waals surface area contributed by atoms with Crippen LogP contribution in [0.5, 0.6) is 0 Å². The molecule has 9 heteroatoms. The smallest absolute Gasteiger partial charge is 0.293 e. The Bertz CT molecular complexity index is 1750. The highest BCUT2D eigenvalue weighted by atomic mass is 32.2.